The van der Waals surface area contributed by atoms with Gasteiger partial charge >= 0.3 is 0 Å². The molecule has 2 nitrogen and oxygen atoms in total. The van der Waals surface area contributed by atoms with Crippen molar-refractivity contribution in [1.82, 2.24) is 0 Å². The molecule has 1 heterocycles. The average molecular weight is 224 g/mol. The number of rotatable bonds is 4. The molecule has 2 rings (SSSR count). The molecular weight excluding hydrogens is 208 g/mol. The van der Waals surface area contributed by atoms with Crippen LogP contribution in [0.25, 0.3) is 0 Å². The van der Waals surface area contributed by atoms with Crippen LogP contribution in [0.4, 0.5) is 0 Å². The van der Waals surface area contributed by atoms with E-state index >= 15 is 0 Å². The second-order valence-electron chi connectivity index (χ2n) is 4.01. The molecule has 0 unspecified atom stereocenters. The standard InChI is InChI=1S/C12H16O2S/c13-12(10-6-7-14-8-10)9-15-11-4-2-1-3-5-11/h6-8,11H,1-5,9H2. The lowest BCUT2D eigenvalue weighted by molar-refractivity contribution is 0.102. The van der Waals surface area contributed by atoms with Crippen molar-refractivity contribution in [2.24, 2.45) is 0 Å². The predicted molar refractivity (Wildman–Crippen MR) is 62.4 cm³/mol. The van der Waals surface area contributed by atoms with Crippen LogP contribution in [0.2, 0.25) is 0 Å². The third-order valence-electron chi connectivity index (χ3n) is 2.85. The SMILES string of the molecule is O=C(CSC1CCCCC1)c1ccoc1. The molecule has 0 saturated heterocycles. The summed E-state index contributed by atoms with van der Waals surface area (Å²) in [5, 5.41) is 0.703. The Kier molecular flexibility index (Phi) is 3.89. The largest absolute Gasteiger partial charge is 0.472 e. The van der Waals surface area contributed by atoms with Crippen LogP contribution in [0.5, 0.6) is 0 Å². The molecule has 1 aromatic rings. The Morgan fingerprint density at radius 1 is 1.40 bits per heavy atom. The second-order valence-corrected chi connectivity index (χ2v) is 5.29. The molecule has 0 spiro atoms. The number of ketones is 1. The fourth-order valence-corrected chi connectivity index (χ4v) is 3.15. The Morgan fingerprint density at radius 3 is 2.87 bits per heavy atom. The zero-order valence-corrected chi connectivity index (χ0v) is 9.59. The van der Waals surface area contributed by atoms with E-state index in [0.29, 0.717) is 16.6 Å². The number of hydrogen-bond donors (Lipinski definition) is 0. The molecule has 0 amide bonds. The minimum atomic E-state index is 0.194. The van der Waals surface area contributed by atoms with Gasteiger partial charge in [0.1, 0.15) is 6.26 Å². The zero-order chi connectivity index (χ0) is 10.5. The smallest absolute Gasteiger partial charge is 0.175 e. The van der Waals surface area contributed by atoms with Gasteiger partial charge in [0.25, 0.3) is 0 Å². The number of hydrogen-bond acceptors (Lipinski definition) is 3. The predicted octanol–water partition coefficient (Wildman–Crippen LogP) is 3.53. The first-order valence-electron chi connectivity index (χ1n) is 5.53. The van der Waals surface area contributed by atoms with Gasteiger partial charge in [-0.25, -0.2) is 0 Å². The molecule has 15 heavy (non-hydrogen) atoms. The minimum Gasteiger partial charge on any atom is -0.472 e. The van der Waals surface area contributed by atoms with Crippen molar-refractivity contribution >= 4 is 17.5 Å². The Labute approximate surface area is 94.4 Å². The third kappa shape index (κ3) is 3.13. The summed E-state index contributed by atoms with van der Waals surface area (Å²) in [6.07, 6.45) is 9.68. The molecular formula is C12H16O2S. The number of Topliss-reactive ketones (excluding diaryl/α,β-unsaturated/α-hetero) is 1. The third-order valence-corrected chi connectivity index (χ3v) is 4.22. The quantitative estimate of drug-likeness (QED) is 0.733. The molecule has 82 valence electrons. The maximum atomic E-state index is 11.7. The molecule has 1 fully saturated rings. The monoisotopic (exact) mass is 224 g/mol. The van der Waals surface area contributed by atoms with Gasteiger partial charge in [-0.15, -0.1) is 0 Å². The lowest BCUT2D eigenvalue weighted by Gasteiger charge is -2.20. The Bertz CT molecular complexity index is 299. The molecule has 0 N–H and O–H groups in total. The lowest BCUT2D eigenvalue weighted by atomic mass is 10.0. The minimum absolute atomic E-state index is 0.194. The van der Waals surface area contributed by atoms with Gasteiger partial charge in [-0.05, 0) is 18.9 Å². The van der Waals surface area contributed by atoms with Gasteiger partial charge < -0.3 is 4.42 Å². The highest BCUT2D eigenvalue weighted by Gasteiger charge is 2.16. The summed E-state index contributed by atoms with van der Waals surface area (Å²) in [5.74, 6) is 0.795. The maximum Gasteiger partial charge on any atom is 0.175 e. The van der Waals surface area contributed by atoms with Gasteiger partial charge in [0.15, 0.2) is 5.78 Å². The Hall–Kier alpha value is -0.700. The molecule has 3 heteroatoms. The molecule has 0 radical (unpaired) electrons. The van der Waals surface area contributed by atoms with Crippen molar-refractivity contribution in [3.8, 4) is 0 Å². The topological polar surface area (TPSA) is 30.2 Å². The first kappa shape index (κ1) is 10.8. The molecule has 1 aliphatic carbocycles. The van der Waals surface area contributed by atoms with Crippen LogP contribution < -0.4 is 0 Å². The molecule has 0 atom stereocenters. The summed E-state index contributed by atoms with van der Waals surface area (Å²) in [4.78, 5) is 11.7. The van der Waals surface area contributed by atoms with E-state index < -0.39 is 0 Å². The first-order valence-corrected chi connectivity index (χ1v) is 6.58. The van der Waals surface area contributed by atoms with Crippen LogP contribution in [0.15, 0.2) is 23.0 Å². The van der Waals surface area contributed by atoms with Crippen molar-refractivity contribution < 1.29 is 9.21 Å². The number of thioether (sulfide) groups is 1. The van der Waals surface area contributed by atoms with E-state index in [-0.39, 0.29) is 5.78 Å². The highest BCUT2D eigenvalue weighted by molar-refractivity contribution is 8.00. The van der Waals surface area contributed by atoms with Gasteiger partial charge in [-0.2, -0.15) is 11.8 Å². The van der Waals surface area contributed by atoms with Crippen molar-refractivity contribution in [2.75, 3.05) is 5.75 Å². The van der Waals surface area contributed by atoms with Gasteiger partial charge in [-0.1, -0.05) is 19.3 Å². The molecule has 1 aliphatic rings. The van der Waals surface area contributed by atoms with Crippen LogP contribution in [-0.2, 0) is 0 Å². The Morgan fingerprint density at radius 2 is 2.20 bits per heavy atom. The fraction of sp³-hybridized carbons (Fsp3) is 0.583. The van der Waals surface area contributed by atoms with Crippen LogP contribution in [0.1, 0.15) is 42.5 Å². The maximum absolute atomic E-state index is 11.7. The van der Waals surface area contributed by atoms with Crippen LogP contribution in [-0.4, -0.2) is 16.8 Å². The highest BCUT2D eigenvalue weighted by atomic mass is 32.2. The molecule has 0 bridgehead atoms. The van der Waals surface area contributed by atoms with E-state index in [9.17, 15) is 4.79 Å². The van der Waals surface area contributed by atoms with Gasteiger partial charge in [-0.3, -0.25) is 4.79 Å². The first-order chi connectivity index (χ1) is 7.36. The lowest BCUT2D eigenvalue weighted by Crippen LogP contribution is -2.11. The van der Waals surface area contributed by atoms with Crippen LogP contribution >= 0.6 is 11.8 Å². The summed E-state index contributed by atoms with van der Waals surface area (Å²) >= 11 is 1.81. The van der Waals surface area contributed by atoms with Crippen molar-refractivity contribution in [3.05, 3.63) is 24.2 Å². The van der Waals surface area contributed by atoms with E-state index in [4.69, 9.17) is 4.42 Å². The number of furan rings is 1. The van der Waals surface area contributed by atoms with Crippen molar-refractivity contribution in [3.63, 3.8) is 0 Å². The van der Waals surface area contributed by atoms with Gasteiger partial charge in [0.05, 0.1) is 17.6 Å². The van der Waals surface area contributed by atoms with E-state index in [1.54, 1.807) is 12.3 Å². The fourth-order valence-electron chi connectivity index (χ4n) is 1.93. The van der Waals surface area contributed by atoms with E-state index in [1.807, 2.05) is 11.8 Å². The highest BCUT2D eigenvalue weighted by Crippen LogP contribution is 2.28. The summed E-state index contributed by atoms with van der Waals surface area (Å²) < 4.78 is 4.90. The van der Waals surface area contributed by atoms with Crippen LogP contribution in [0.3, 0.4) is 0 Å². The van der Waals surface area contributed by atoms with Crippen molar-refractivity contribution in [1.29, 1.82) is 0 Å². The Balaban J connectivity index is 1.75. The van der Waals surface area contributed by atoms with E-state index in [0.717, 1.165) is 0 Å². The summed E-state index contributed by atoms with van der Waals surface area (Å²) in [6.45, 7) is 0. The van der Waals surface area contributed by atoms with E-state index in [1.165, 1.54) is 38.4 Å². The molecule has 0 aromatic carbocycles. The van der Waals surface area contributed by atoms with Crippen LogP contribution in [0, 0.1) is 0 Å². The summed E-state index contributed by atoms with van der Waals surface area (Å²) in [7, 11) is 0. The van der Waals surface area contributed by atoms with E-state index in [2.05, 4.69) is 0 Å². The molecule has 0 aliphatic heterocycles. The molecule has 1 saturated carbocycles. The summed E-state index contributed by atoms with van der Waals surface area (Å²) in [5.41, 5.74) is 0.707. The second kappa shape index (κ2) is 5.40. The number of carbonyl (C=O) groups is 1. The molecule has 1 aromatic heterocycles. The normalized spacial score (nSPS) is 17.9. The zero-order valence-electron chi connectivity index (χ0n) is 8.78. The average Bonchev–Trinajstić information content (AvgIpc) is 2.81. The van der Waals surface area contributed by atoms with Gasteiger partial charge in [0, 0.05) is 5.25 Å². The number of carbonyl (C=O) groups excluding carboxylic acids is 1. The summed E-state index contributed by atoms with van der Waals surface area (Å²) in [6, 6.07) is 1.74. The van der Waals surface area contributed by atoms with Gasteiger partial charge in [0.2, 0.25) is 0 Å². The van der Waals surface area contributed by atoms with Crippen molar-refractivity contribution in [2.45, 2.75) is 37.4 Å².